The Morgan fingerprint density at radius 1 is 0.971 bits per heavy atom. The lowest BCUT2D eigenvalue weighted by Gasteiger charge is -2.07. The quantitative estimate of drug-likeness (QED) is 0.0957. The van der Waals surface area contributed by atoms with Crippen LogP contribution in [-0.2, 0) is 16.1 Å². The molecule has 176 valence electrons. The third kappa shape index (κ3) is 4.45. The molecule has 3 aromatic carbocycles. The lowest BCUT2D eigenvalue weighted by atomic mass is 10.1. The number of aliphatic imine (C=N–C) groups is 1. The van der Waals surface area contributed by atoms with Crippen molar-refractivity contribution in [3.63, 3.8) is 0 Å². The van der Waals surface area contributed by atoms with Gasteiger partial charge >= 0.3 is 5.97 Å². The fourth-order valence-corrected chi connectivity index (χ4v) is 4.51. The third-order valence-corrected chi connectivity index (χ3v) is 6.28. The van der Waals surface area contributed by atoms with Gasteiger partial charge < -0.3 is 9.30 Å². The summed E-state index contributed by atoms with van der Waals surface area (Å²) in [5.41, 5.74) is 3.91. The summed E-state index contributed by atoms with van der Waals surface area (Å²) >= 11 is 0. The minimum absolute atomic E-state index is 0.0349. The monoisotopic (exact) mass is 467 g/mol. The molecule has 0 N–H and O–H groups in total. The molecule has 4 aromatic rings. The van der Waals surface area contributed by atoms with E-state index in [4.69, 9.17) is 4.74 Å². The second kappa shape index (κ2) is 9.54. The zero-order chi connectivity index (χ0) is 24.4. The van der Waals surface area contributed by atoms with Gasteiger partial charge in [-0.15, -0.1) is 0 Å². The molecule has 0 fully saturated rings. The van der Waals surface area contributed by atoms with Gasteiger partial charge in [-0.3, -0.25) is 10.1 Å². The van der Waals surface area contributed by atoms with Crippen molar-refractivity contribution < 1.29 is 14.5 Å². The molecule has 2 heterocycles. The molecule has 0 radical (unpaired) electrons. The van der Waals surface area contributed by atoms with Crippen molar-refractivity contribution in [2.45, 2.75) is 39.2 Å². The van der Waals surface area contributed by atoms with Gasteiger partial charge in [-0.2, -0.15) is 0 Å². The molecule has 0 amide bonds. The van der Waals surface area contributed by atoms with Crippen LogP contribution in [0.25, 0.3) is 27.9 Å². The van der Waals surface area contributed by atoms with E-state index in [-0.39, 0.29) is 17.3 Å². The number of nitro groups is 1. The van der Waals surface area contributed by atoms with Gasteiger partial charge in [0.1, 0.15) is 0 Å². The number of unbranched alkanes of at least 4 members (excludes halogenated alkanes) is 3. The van der Waals surface area contributed by atoms with Gasteiger partial charge in [-0.25, -0.2) is 9.79 Å². The van der Waals surface area contributed by atoms with Crippen LogP contribution in [0, 0.1) is 10.1 Å². The minimum Gasteiger partial charge on any atom is -0.402 e. The van der Waals surface area contributed by atoms with Crippen LogP contribution in [0.4, 0.5) is 5.69 Å². The maximum atomic E-state index is 12.5. The van der Waals surface area contributed by atoms with E-state index in [0.717, 1.165) is 23.9 Å². The molecule has 1 aliphatic heterocycles. The van der Waals surface area contributed by atoms with Gasteiger partial charge in [0.15, 0.2) is 5.70 Å². The summed E-state index contributed by atoms with van der Waals surface area (Å²) in [4.78, 5) is 27.2. The molecular weight excluding hydrogens is 442 g/mol. The van der Waals surface area contributed by atoms with Crippen molar-refractivity contribution in [3.8, 4) is 0 Å². The van der Waals surface area contributed by atoms with Crippen molar-refractivity contribution in [1.29, 1.82) is 0 Å². The summed E-state index contributed by atoms with van der Waals surface area (Å²) in [6.07, 6.45) is 6.52. The maximum Gasteiger partial charge on any atom is 0.363 e. The van der Waals surface area contributed by atoms with Gasteiger partial charge in [0.05, 0.1) is 4.92 Å². The van der Waals surface area contributed by atoms with Crippen molar-refractivity contribution in [2.75, 3.05) is 0 Å². The highest BCUT2D eigenvalue weighted by molar-refractivity contribution is 6.13. The standard InChI is InChI=1S/C28H25N3O4/c1-2-3-4-7-16-30-25-9-6-5-8-22(25)23-17-19(10-15-26(23)30)18-24-28(32)35-27(29-24)20-11-13-21(14-12-20)31(33)34/h5-6,8-15,17-18H,2-4,7,16H2,1H3. The second-order valence-electron chi connectivity index (χ2n) is 8.65. The number of hydrogen-bond acceptors (Lipinski definition) is 5. The Morgan fingerprint density at radius 2 is 1.74 bits per heavy atom. The predicted octanol–water partition coefficient (Wildman–Crippen LogP) is 6.63. The number of fused-ring (bicyclic) bond motifs is 3. The zero-order valence-electron chi connectivity index (χ0n) is 19.4. The topological polar surface area (TPSA) is 86.7 Å². The van der Waals surface area contributed by atoms with Crippen LogP contribution in [0.15, 0.2) is 77.4 Å². The normalized spacial score (nSPS) is 14.6. The Hall–Kier alpha value is -4.26. The number of nitrogens with zero attached hydrogens (tertiary/aromatic N) is 3. The number of para-hydroxylation sites is 1. The highest BCUT2D eigenvalue weighted by atomic mass is 16.6. The molecule has 0 unspecified atom stereocenters. The third-order valence-electron chi connectivity index (χ3n) is 6.28. The average molecular weight is 468 g/mol. The summed E-state index contributed by atoms with van der Waals surface area (Å²) in [5.74, 6) is -0.405. The van der Waals surface area contributed by atoms with Crippen LogP contribution in [0.5, 0.6) is 0 Å². The summed E-state index contributed by atoms with van der Waals surface area (Å²) in [6.45, 7) is 3.19. The fourth-order valence-electron chi connectivity index (χ4n) is 4.51. The van der Waals surface area contributed by atoms with Crippen LogP contribution in [-0.4, -0.2) is 21.4 Å². The van der Waals surface area contributed by atoms with Crippen molar-refractivity contribution >= 4 is 45.4 Å². The average Bonchev–Trinajstić information content (AvgIpc) is 3.39. The maximum absolute atomic E-state index is 12.5. The Kier molecular flexibility index (Phi) is 6.14. The van der Waals surface area contributed by atoms with Gasteiger partial charge in [0.25, 0.3) is 5.69 Å². The number of cyclic esters (lactones) is 1. The molecule has 0 saturated heterocycles. The number of rotatable bonds is 8. The minimum atomic E-state index is -0.545. The second-order valence-corrected chi connectivity index (χ2v) is 8.65. The Bertz CT molecular complexity index is 1500. The van der Waals surface area contributed by atoms with Gasteiger partial charge in [0, 0.05) is 46.0 Å². The molecule has 1 aliphatic rings. The molecule has 5 rings (SSSR count). The van der Waals surface area contributed by atoms with Crippen LogP contribution >= 0.6 is 0 Å². The van der Waals surface area contributed by atoms with Crippen molar-refractivity contribution in [2.24, 2.45) is 4.99 Å². The first-order valence-corrected chi connectivity index (χ1v) is 11.8. The van der Waals surface area contributed by atoms with Crippen LogP contribution in [0.2, 0.25) is 0 Å². The van der Waals surface area contributed by atoms with E-state index in [9.17, 15) is 14.9 Å². The highest BCUT2D eigenvalue weighted by Gasteiger charge is 2.24. The van der Waals surface area contributed by atoms with E-state index in [1.165, 1.54) is 59.9 Å². The lowest BCUT2D eigenvalue weighted by molar-refractivity contribution is -0.384. The number of carbonyl (C=O) groups is 1. The molecule has 35 heavy (non-hydrogen) atoms. The van der Waals surface area contributed by atoms with E-state index in [0.29, 0.717) is 5.56 Å². The molecule has 0 saturated carbocycles. The van der Waals surface area contributed by atoms with Crippen molar-refractivity contribution in [1.82, 2.24) is 4.57 Å². The zero-order valence-corrected chi connectivity index (χ0v) is 19.4. The molecule has 7 nitrogen and oxygen atoms in total. The first-order chi connectivity index (χ1) is 17.0. The molecule has 7 heteroatoms. The summed E-state index contributed by atoms with van der Waals surface area (Å²) in [7, 11) is 0. The van der Waals surface area contributed by atoms with Gasteiger partial charge in [-0.05, 0) is 48.4 Å². The Balaban J connectivity index is 1.48. The summed E-state index contributed by atoms with van der Waals surface area (Å²) in [6, 6.07) is 20.3. The molecule has 0 spiro atoms. The number of aryl methyl sites for hydroxylation is 1. The first kappa shape index (κ1) is 22.5. The van der Waals surface area contributed by atoms with Crippen molar-refractivity contribution in [3.05, 3.63) is 93.7 Å². The SMILES string of the molecule is CCCCCCn1c2ccccc2c2cc(C=C3N=C(c4ccc([N+](=O)[O-])cc4)OC3=O)ccc21. The summed E-state index contributed by atoms with van der Waals surface area (Å²) in [5, 5.41) is 13.2. The smallest absolute Gasteiger partial charge is 0.363 e. The number of non-ortho nitro benzene ring substituents is 1. The number of nitro benzene ring substituents is 1. The highest BCUT2D eigenvalue weighted by Crippen LogP contribution is 2.31. The molecule has 0 bridgehead atoms. The molecular formula is C28H25N3O4. The Labute approximate surface area is 202 Å². The number of ether oxygens (including phenoxy) is 1. The van der Waals surface area contributed by atoms with E-state index in [1.807, 2.05) is 12.1 Å². The van der Waals surface area contributed by atoms with E-state index >= 15 is 0 Å². The number of aromatic nitrogens is 1. The predicted molar refractivity (Wildman–Crippen MR) is 137 cm³/mol. The van der Waals surface area contributed by atoms with Gasteiger partial charge in [-0.1, -0.05) is 50.5 Å². The number of esters is 1. The lowest BCUT2D eigenvalue weighted by Crippen LogP contribution is -2.05. The first-order valence-electron chi connectivity index (χ1n) is 11.8. The fraction of sp³-hybridized carbons (Fsp3) is 0.214. The number of hydrogen-bond donors (Lipinski definition) is 0. The molecule has 1 aromatic heterocycles. The number of benzene rings is 3. The molecule has 0 aliphatic carbocycles. The van der Waals surface area contributed by atoms with E-state index in [1.54, 1.807) is 6.08 Å². The van der Waals surface area contributed by atoms with Gasteiger partial charge in [0.2, 0.25) is 5.90 Å². The molecule has 0 atom stereocenters. The van der Waals surface area contributed by atoms with Crippen LogP contribution in [0.3, 0.4) is 0 Å². The van der Waals surface area contributed by atoms with E-state index in [2.05, 4.69) is 46.8 Å². The number of carbonyl (C=O) groups excluding carboxylic acids is 1. The largest absolute Gasteiger partial charge is 0.402 e. The Morgan fingerprint density at radius 3 is 2.51 bits per heavy atom. The van der Waals surface area contributed by atoms with Crippen LogP contribution in [0.1, 0.15) is 43.7 Å². The van der Waals surface area contributed by atoms with E-state index < -0.39 is 10.9 Å². The summed E-state index contributed by atoms with van der Waals surface area (Å²) < 4.78 is 7.71. The van der Waals surface area contributed by atoms with Crippen LogP contribution < -0.4 is 0 Å².